The molecule has 3 aromatic rings. The fraction of sp³-hybridized carbons (Fsp3) is 0.200. The van der Waals surface area contributed by atoms with Gasteiger partial charge in [-0.25, -0.2) is 0 Å². The van der Waals surface area contributed by atoms with Crippen LogP contribution in [0.25, 0.3) is 6.08 Å². The highest BCUT2D eigenvalue weighted by atomic mass is 32.1. The summed E-state index contributed by atoms with van der Waals surface area (Å²) in [5.74, 6) is 1.32. The van der Waals surface area contributed by atoms with Gasteiger partial charge in [0.25, 0.3) is 5.91 Å². The Morgan fingerprint density at radius 1 is 1.18 bits per heavy atom. The van der Waals surface area contributed by atoms with Crippen LogP contribution in [-0.2, 0) is 11.2 Å². The predicted molar refractivity (Wildman–Crippen MR) is 131 cm³/mol. The molecule has 0 bridgehead atoms. The second-order valence-corrected chi connectivity index (χ2v) is 8.18. The van der Waals surface area contributed by atoms with E-state index in [1.807, 2.05) is 30.3 Å². The first kappa shape index (κ1) is 24.5. The van der Waals surface area contributed by atoms with Crippen molar-refractivity contribution < 1.29 is 19.0 Å². The molecule has 2 aromatic carbocycles. The average Bonchev–Trinajstić information content (AvgIpc) is 3.25. The molecule has 1 amide bonds. The molecule has 1 heterocycles. The molecule has 0 aliphatic carbocycles. The number of hydrogen-bond donors (Lipinski definition) is 1. The van der Waals surface area contributed by atoms with Crippen LogP contribution < -0.4 is 19.5 Å². The molecule has 8 nitrogen and oxygen atoms in total. The maximum Gasteiger partial charge on any atom is 0.268 e. The van der Waals surface area contributed by atoms with Gasteiger partial charge in [0.05, 0.1) is 7.11 Å². The zero-order valence-electron chi connectivity index (χ0n) is 18.9. The van der Waals surface area contributed by atoms with Gasteiger partial charge in [0.15, 0.2) is 11.5 Å². The minimum absolute atomic E-state index is 0.0552. The Bertz CT molecular complexity index is 1230. The summed E-state index contributed by atoms with van der Waals surface area (Å²) in [6.45, 7) is 6.13. The van der Waals surface area contributed by atoms with Crippen molar-refractivity contribution in [3.8, 4) is 23.3 Å². The second kappa shape index (κ2) is 12.2. The number of benzene rings is 2. The van der Waals surface area contributed by atoms with Crippen LogP contribution in [0.1, 0.15) is 16.1 Å². The molecule has 0 radical (unpaired) electrons. The number of hydrogen-bond acceptors (Lipinski definition) is 8. The molecular formula is C25H24N4O4S. The molecule has 3 rings (SSSR count). The molecule has 0 atom stereocenters. The van der Waals surface area contributed by atoms with Crippen molar-refractivity contribution in [2.24, 2.45) is 0 Å². The van der Waals surface area contributed by atoms with Gasteiger partial charge in [0, 0.05) is 0 Å². The third-order valence-electron chi connectivity index (χ3n) is 4.50. The van der Waals surface area contributed by atoms with Crippen LogP contribution >= 0.6 is 11.3 Å². The van der Waals surface area contributed by atoms with E-state index in [1.165, 1.54) is 17.4 Å². The number of aryl methyl sites for hydroxylation is 1. The number of methoxy groups -OCH3 is 1. The highest BCUT2D eigenvalue weighted by Crippen LogP contribution is 2.28. The smallest absolute Gasteiger partial charge is 0.268 e. The lowest BCUT2D eigenvalue weighted by Crippen LogP contribution is -2.13. The van der Waals surface area contributed by atoms with E-state index in [0.717, 1.165) is 17.0 Å². The maximum atomic E-state index is 12.4. The lowest BCUT2D eigenvalue weighted by molar-refractivity contribution is -0.112. The molecule has 34 heavy (non-hydrogen) atoms. The van der Waals surface area contributed by atoms with Crippen LogP contribution in [0.4, 0.5) is 5.13 Å². The van der Waals surface area contributed by atoms with Crippen LogP contribution in [-0.4, -0.2) is 36.4 Å². The minimum Gasteiger partial charge on any atom is -0.493 e. The van der Waals surface area contributed by atoms with Crippen molar-refractivity contribution >= 4 is 28.5 Å². The highest BCUT2D eigenvalue weighted by Gasteiger charge is 2.12. The Kier molecular flexibility index (Phi) is 8.77. The first-order valence-electron chi connectivity index (χ1n) is 10.4. The predicted octanol–water partition coefficient (Wildman–Crippen LogP) is 4.59. The monoisotopic (exact) mass is 476 g/mol. The Balaban J connectivity index is 1.57. The third-order valence-corrected chi connectivity index (χ3v) is 5.25. The Labute approximate surface area is 202 Å². The molecular weight excluding hydrogens is 452 g/mol. The summed E-state index contributed by atoms with van der Waals surface area (Å²) in [7, 11) is 1.60. The molecule has 0 saturated carbocycles. The van der Waals surface area contributed by atoms with Gasteiger partial charge < -0.3 is 14.2 Å². The number of nitrogens with zero attached hydrogens (tertiary/aromatic N) is 3. The largest absolute Gasteiger partial charge is 0.493 e. The summed E-state index contributed by atoms with van der Waals surface area (Å²) in [6, 6.07) is 14.8. The third kappa shape index (κ3) is 6.92. The normalized spacial score (nSPS) is 10.8. The first-order chi connectivity index (χ1) is 16.5. The van der Waals surface area contributed by atoms with Crippen molar-refractivity contribution in [1.29, 1.82) is 5.26 Å². The molecule has 0 aliphatic rings. The topological polar surface area (TPSA) is 106 Å². The van der Waals surface area contributed by atoms with Gasteiger partial charge in [-0.2, -0.15) is 5.26 Å². The van der Waals surface area contributed by atoms with E-state index < -0.39 is 5.91 Å². The van der Waals surface area contributed by atoms with E-state index in [0.29, 0.717) is 41.2 Å². The number of nitriles is 1. The number of rotatable bonds is 11. The van der Waals surface area contributed by atoms with Crippen LogP contribution in [0.2, 0.25) is 0 Å². The summed E-state index contributed by atoms with van der Waals surface area (Å²) in [6.07, 6.45) is 4.07. The molecule has 1 aromatic heterocycles. The molecule has 0 fully saturated rings. The summed E-state index contributed by atoms with van der Waals surface area (Å²) in [5, 5.41) is 20.7. The van der Waals surface area contributed by atoms with Gasteiger partial charge in [0.2, 0.25) is 5.13 Å². The highest BCUT2D eigenvalue weighted by molar-refractivity contribution is 7.15. The van der Waals surface area contributed by atoms with E-state index in [-0.39, 0.29) is 5.57 Å². The Morgan fingerprint density at radius 2 is 2.00 bits per heavy atom. The van der Waals surface area contributed by atoms with Crippen molar-refractivity contribution in [2.75, 3.05) is 25.6 Å². The van der Waals surface area contributed by atoms with Crippen LogP contribution in [0.15, 0.2) is 60.7 Å². The van der Waals surface area contributed by atoms with Crippen molar-refractivity contribution in [3.05, 3.63) is 76.8 Å². The molecule has 0 unspecified atom stereocenters. The standard InChI is InChI=1S/C25H24N4O4S/c1-4-6-18-9-10-22(23(15-18)31-3)33-12-11-32-21-8-5-7-19(14-21)13-20(16-26)24(30)27-25-29-28-17(2)34-25/h4-5,7-10,13-15H,1,6,11-12H2,2-3H3,(H,27,29,30). The van der Waals surface area contributed by atoms with Crippen molar-refractivity contribution in [1.82, 2.24) is 10.2 Å². The van der Waals surface area contributed by atoms with Crippen molar-refractivity contribution in [2.45, 2.75) is 13.3 Å². The SMILES string of the molecule is C=CCc1ccc(OCCOc2cccc(C=C(C#N)C(=O)Nc3nnc(C)s3)c2)c(OC)c1. The molecule has 0 saturated heterocycles. The lowest BCUT2D eigenvalue weighted by Gasteiger charge is -2.12. The van der Waals surface area contributed by atoms with Gasteiger partial charge in [-0.1, -0.05) is 35.6 Å². The Hall–Kier alpha value is -4.16. The quantitative estimate of drug-likeness (QED) is 0.187. The molecule has 0 spiro atoms. The van der Waals surface area contributed by atoms with E-state index in [1.54, 1.807) is 38.3 Å². The molecule has 1 N–H and O–H groups in total. The van der Waals surface area contributed by atoms with Crippen LogP contribution in [0.3, 0.4) is 0 Å². The van der Waals surface area contributed by atoms with Gasteiger partial charge in [-0.05, 0) is 54.8 Å². The number of nitrogens with one attached hydrogen (secondary N) is 1. The van der Waals surface area contributed by atoms with Gasteiger partial charge in [0.1, 0.15) is 35.6 Å². The number of amides is 1. The van der Waals surface area contributed by atoms with Gasteiger partial charge in [-0.15, -0.1) is 16.8 Å². The second-order valence-electron chi connectivity index (χ2n) is 7.00. The number of carbonyl (C=O) groups is 1. The summed E-state index contributed by atoms with van der Waals surface area (Å²) >= 11 is 1.23. The van der Waals surface area contributed by atoms with E-state index in [4.69, 9.17) is 14.2 Å². The molecule has 174 valence electrons. The molecule has 9 heteroatoms. The van der Waals surface area contributed by atoms with Gasteiger partial charge in [-0.3, -0.25) is 10.1 Å². The first-order valence-corrected chi connectivity index (χ1v) is 11.2. The summed E-state index contributed by atoms with van der Waals surface area (Å²) < 4.78 is 17.0. The summed E-state index contributed by atoms with van der Waals surface area (Å²) in [5.41, 5.74) is 1.68. The average molecular weight is 477 g/mol. The van der Waals surface area contributed by atoms with E-state index >= 15 is 0 Å². The van der Waals surface area contributed by atoms with E-state index in [2.05, 4.69) is 22.1 Å². The fourth-order valence-electron chi connectivity index (χ4n) is 2.96. The van der Waals surface area contributed by atoms with Crippen LogP contribution in [0, 0.1) is 18.3 Å². The van der Waals surface area contributed by atoms with E-state index in [9.17, 15) is 10.1 Å². The molecule has 0 aliphatic heterocycles. The number of carbonyl (C=O) groups excluding carboxylic acids is 1. The zero-order valence-corrected chi connectivity index (χ0v) is 19.7. The minimum atomic E-state index is -0.550. The Morgan fingerprint density at radius 3 is 2.71 bits per heavy atom. The fourth-order valence-corrected chi connectivity index (χ4v) is 3.54. The number of anilines is 1. The van der Waals surface area contributed by atoms with Crippen molar-refractivity contribution in [3.63, 3.8) is 0 Å². The number of allylic oxidation sites excluding steroid dienone is 1. The van der Waals surface area contributed by atoms with Crippen LogP contribution in [0.5, 0.6) is 17.2 Å². The lowest BCUT2D eigenvalue weighted by atomic mass is 10.1. The number of ether oxygens (including phenoxy) is 3. The van der Waals surface area contributed by atoms with Gasteiger partial charge >= 0.3 is 0 Å². The maximum absolute atomic E-state index is 12.4. The summed E-state index contributed by atoms with van der Waals surface area (Å²) in [4.78, 5) is 12.4. The number of aromatic nitrogens is 2. The zero-order chi connectivity index (χ0) is 24.3.